The summed E-state index contributed by atoms with van der Waals surface area (Å²) in [7, 11) is -3.19. The van der Waals surface area contributed by atoms with Crippen molar-refractivity contribution in [3.8, 4) is 0 Å². The van der Waals surface area contributed by atoms with E-state index in [1.807, 2.05) is 0 Å². The quantitative estimate of drug-likeness (QED) is 0.584. The van der Waals surface area contributed by atoms with E-state index in [9.17, 15) is 13.5 Å². The second-order valence-electron chi connectivity index (χ2n) is 4.29. The van der Waals surface area contributed by atoms with Crippen LogP contribution in [0.5, 0.6) is 0 Å². The average Bonchev–Trinajstić information content (AvgIpc) is 2.47. The van der Waals surface area contributed by atoms with Gasteiger partial charge < -0.3 is 5.11 Å². The first-order valence-corrected chi connectivity index (χ1v) is 7.28. The number of halogens is 1. The Hall–Kier alpha value is 0.160. The summed E-state index contributed by atoms with van der Waals surface area (Å²) in [5.74, 6) is 0.628. The van der Waals surface area contributed by atoms with Crippen LogP contribution in [0.2, 0.25) is 0 Å². The van der Waals surface area contributed by atoms with Crippen molar-refractivity contribution < 1.29 is 13.5 Å². The Kier molecular flexibility index (Phi) is 4.40. The summed E-state index contributed by atoms with van der Waals surface area (Å²) < 4.78 is 24.9. The van der Waals surface area contributed by atoms with Gasteiger partial charge in [0.2, 0.25) is 10.0 Å². The zero-order valence-electron chi connectivity index (χ0n) is 8.95. The van der Waals surface area contributed by atoms with Crippen LogP contribution >= 0.6 is 11.6 Å². The summed E-state index contributed by atoms with van der Waals surface area (Å²) in [5.41, 5.74) is -0.862. The first-order chi connectivity index (χ1) is 6.87. The van der Waals surface area contributed by atoms with E-state index >= 15 is 0 Å². The fourth-order valence-electron chi connectivity index (χ4n) is 1.65. The first kappa shape index (κ1) is 13.2. The van der Waals surface area contributed by atoms with Gasteiger partial charge in [-0.3, -0.25) is 0 Å². The molecular formula is C9H18ClNO3S. The predicted molar refractivity (Wildman–Crippen MR) is 60.6 cm³/mol. The van der Waals surface area contributed by atoms with Gasteiger partial charge in [-0.1, -0.05) is 0 Å². The van der Waals surface area contributed by atoms with Crippen LogP contribution in [-0.2, 0) is 10.0 Å². The number of β-amino-alcohol motifs (C(OH)–C–C–N with tert-alkyl or cyclic N) is 1. The van der Waals surface area contributed by atoms with Crippen molar-refractivity contribution in [1.82, 2.24) is 4.31 Å². The second-order valence-corrected chi connectivity index (χ2v) is 6.76. The number of hydrogen-bond acceptors (Lipinski definition) is 3. The summed E-state index contributed by atoms with van der Waals surface area (Å²) in [6.07, 6.45) is 1.82. The highest BCUT2D eigenvalue weighted by atomic mass is 35.5. The molecule has 1 fully saturated rings. The Morgan fingerprint density at radius 3 is 2.60 bits per heavy atom. The number of aliphatic hydroxyl groups is 1. The Balaban J connectivity index is 2.49. The van der Waals surface area contributed by atoms with Gasteiger partial charge >= 0.3 is 0 Å². The molecule has 0 spiro atoms. The largest absolute Gasteiger partial charge is 0.389 e. The zero-order valence-corrected chi connectivity index (χ0v) is 10.5. The second kappa shape index (κ2) is 4.99. The van der Waals surface area contributed by atoms with Crippen LogP contribution in [0.1, 0.15) is 26.2 Å². The van der Waals surface area contributed by atoms with Crippen molar-refractivity contribution in [3.63, 3.8) is 0 Å². The van der Waals surface area contributed by atoms with Gasteiger partial charge in [0, 0.05) is 19.0 Å². The molecule has 0 aromatic heterocycles. The van der Waals surface area contributed by atoms with Crippen molar-refractivity contribution in [2.45, 2.75) is 31.8 Å². The third kappa shape index (κ3) is 3.90. The van der Waals surface area contributed by atoms with Gasteiger partial charge in [0.05, 0.1) is 11.4 Å². The fourth-order valence-corrected chi connectivity index (χ4v) is 3.51. The molecule has 1 atom stereocenters. The minimum absolute atomic E-state index is 0.135. The highest BCUT2D eigenvalue weighted by molar-refractivity contribution is 7.89. The summed E-state index contributed by atoms with van der Waals surface area (Å²) >= 11 is 5.49. The molecule has 0 bridgehead atoms. The first-order valence-electron chi connectivity index (χ1n) is 5.14. The fraction of sp³-hybridized carbons (Fsp3) is 1.00. The van der Waals surface area contributed by atoms with E-state index in [0.717, 1.165) is 0 Å². The number of hydrogen-bond donors (Lipinski definition) is 1. The minimum Gasteiger partial charge on any atom is -0.389 e. The number of alkyl halides is 1. The van der Waals surface area contributed by atoms with E-state index in [1.54, 1.807) is 6.92 Å². The third-order valence-electron chi connectivity index (χ3n) is 2.60. The van der Waals surface area contributed by atoms with Crippen LogP contribution in [0.25, 0.3) is 0 Å². The average molecular weight is 256 g/mol. The van der Waals surface area contributed by atoms with E-state index < -0.39 is 15.6 Å². The van der Waals surface area contributed by atoms with Gasteiger partial charge in [-0.25, -0.2) is 8.42 Å². The molecule has 90 valence electrons. The molecule has 1 aliphatic heterocycles. The van der Waals surface area contributed by atoms with Crippen molar-refractivity contribution in [2.75, 3.05) is 24.7 Å². The molecule has 1 saturated heterocycles. The number of unbranched alkanes of at least 4 members (excludes halogenated alkanes) is 1. The van der Waals surface area contributed by atoms with E-state index in [-0.39, 0.29) is 12.3 Å². The molecule has 1 aliphatic rings. The molecule has 0 aliphatic carbocycles. The van der Waals surface area contributed by atoms with Crippen LogP contribution in [0, 0.1) is 0 Å². The Morgan fingerprint density at radius 2 is 2.13 bits per heavy atom. The monoisotopic (exact) mass is 255 g/mol. The molecule has 6 heteroatoms. The molecular weight excluding hydrogens is 238 g/mol. The lowest BCUT2D eigenvalue weighted by Crippen LogP contribution is -2.35. The summed E-state index contributed by atoms with van der Waals surface area (Å²) in [5, 5.41) is 9.67. The number of sulfonamides is 1. The lowest BCUT2D eigenvalue weighted by Gasteiger charge is -2.18. The summed E-state index contributed by atoms with van der Waals surface area (Å²) in [6, 6.07) is 0. The smallest absolute Gasteiger partial charge is 0.214 e. The minimum atomic E-state index is -3.19. The van der Waals surface area contributed by atoms with Gasteiger partial charge in [0.1, 0.15) is 0 Å². The molecule has 0 radical (unpaired) electrons. The lowest BCUT2D eigenvalue weighted by atomic mass is 10.1. The molecule has 1 heterocycles. The SMILES string of the molecule is CC1(O)CCN(S(=O)(=O)CCCCCl)C1. The predicted octanol–water partition coefficient (Wildman–Crippen LogP) is 0.792. The topological polar surface area (TPSA) is 57.6 Å². The lowest BCUT2D eigenvalue weighted by molar-refractivity contribution is 0.0762. The van der Waals surface area contributed by atoms with E-state index in [0.29, 0.717) is 31.7 Å². The molecule has 0 aromatic carbocycles. The van der Waals surface area contributed by atoms with Gasteiger partial charge in [-0.2, -0.15) is 4.31 Å². The zero-order chi connectivity index (χ0) is 11.5. The molecule has 1 unspecified atom stereocenters. The molecule has 0 saturated carbocycles. The Bertz CT molecular complexity index is 302. The third-order valence-corrected chi connectivity index (χ3v) is 4.77. The van der Waals surface area contributed by atoms with Crippen LogP contribution in [0.15, 0.2) is 0 Å². The maximum atomic E-state index is 11.8. The maximum absolute atomic E-state index is 11.8. The Labute approximate surface area is 96.3 Å². The van der Waals surface area contributed by atoms with Crippen molar-refractivity contribution in [3.05, 3.63) is 0 Å². The molecule has 15 heavy (non-hydrogen) atoms. The molecule has 0 amide bonds. The standard InChI is InChI=1S/C9H18ClNO3S/c1-9(12)4-6-11(8-9)15(13,14)7-3-2-5-10/h12H,2-8H2,1H3. The van der Waals surface area contributed by atoms with E-state index in [4.69, 9.17) is 11.6 Å². The molecule has 0 aromatic rings. The van der Waals surface area contributed by atoms with Crippen LogP contribution in [-0.4, -0.2) is 48.2 Å². The van der Waals surface area contributed by atoms with Crippen molar-refractivity contribution in [1.29, 1.82) is 0 Å². The van der Waals surface area contributed by atoms with Crippen LogP contribution < -0.4 is 0 Å². The highest BCUT2D eigenvalue weighted by Gasteiger charge is 2.37. The van der Waals surface area contributed by atoms with Crippen molar-refractivity contribution in [2.24, 2.45) is 0 Å². The van der Waals surface area contributed by atoms with E-state index in [2.05, 4.69) is 0 Å². The molecule has 1 N–H and O–H groups in total. The van der Waals surface area contributed by atoms with Gasteiger partial charge in [-0.15, -0.1) is 11.6 Å². The number of nitrogens with zero attached hydrogens (tertiary/aromatic N) is 1. The van der Waals surface area contributed by atoms with Gasteiger partial charge in [0.25, 0.3) is 0 Å². The summed E-state index contributed by atoms with van der Waals surface area (Å²) in [4.78, 5) is 0. The van der Waals surface area contributed by atoms with Gasteiger partial charge in [-0.05, 0) is 26.2 Å². The highest BCUT2D eigenvalue weighted by Crippen LogP contribution is 2.23. The maximum Gasteiger partial charge on any atom is 0.214 e. The molecule has 4 nitrogen and oxygen atoms in total. The van der Waals surface area contributed by atoms with Crippen LogP contribution in [0.4, 0.5) is 0 Å². The van der Waals surface area contributed by atoms with E-state index in [1.165, 1.54) is 4.31 Å². The molecule has 1 rings (SSSR count). The normalized spacial score (nSPS) is 28.5. The Morgan fingerprint density at radius 1 is 1.47 bits per heavy atom. The number of rotatable bonds is 5. The summed E-state index contributed by atoms with van der Waals surface area (Å²) in [6.45, 7) is 2.31. The van der Waals surface area contributed by atoms with Crippen LogP contribution in [0.3, 0.4) is 0 Å². The van der Waals surface area contributed by atoms with Crippen molar-refractivity contribution >= 4 is 21.6 Å². The van der Waals surface area contributed by atoms with Gasteiger partial charge in [0.15, 0.2) is 0 Å².